The number of hydrazone groups is 1. The third kappa shape index (κ3) is 5.40. The quantitative estimate of drug-likeness (QED) is 0.693. The highest BCUT2D eigenvalue weighted by Crippen LogP contribution is 2.36. The van der Waals surface area contributed by atoms with Gasteiger partial charge in [-0.3, -0.25) is 9.69 Å². The zero-order chi connectivity index (χ0) is 20.1. The fourth-order valence-corrected chi connectivity index (χ4v) is 4.59. The van der Waals surface area contributed by atoms with Gasteiger partial charge in [-0.15, -0.1) is 22.7 Å². The predicted octanol–water partition coefficient (Wildman–Crippen LogP) is 3.73. The number of rotatable bonds is 8. The molecule has 1 aliphatic heterocycles. The number of hydrogen-bond acceptors (Lipinski definition) is 6. The Hall–Kier alpha value is -1.75. The number of hydrogen-bond donors (Lipinski definition) is 1. The molecule has 0 bridgehead atoms. The van der Waals surface area contributed by atoms with Gasteiger partial charge in [0.1, 0.15) is 0 Å². The van der Waals surface area contributed by atoms with E-state index in [1.165, 1.54) is 27.7 Å². The first-order valence-electron chi connectivity index (χ1n) is 8.74. The van der Waals surface area contributed by atoms with Crippen LogP contribution >= 0.6 is 22.7 Å². The van der Waals surface area contributed by atoms with Crippen LogP contribution in [0, 0.1) is 0 Å². The standard InChI is InChI=1S/C18H20F3N3O2S2/c19-18(20,21)12-23(6-3-7-25)11-17(26)24-14(16-5-2-9-28-16)10-13(22-24)15-4-1-8-27-15/h1-2,4-5,8-9,14,25H,3,6-7,10-12H2. The lowest BCUT2D eigenvalue weighted by atomic mass is 10.1. The molecule has 1 aliphatic rings. The first-order valence-corrected chi connectivity index (χ1v) is 10.5. The van der Waals surface area contributed by atoms with Crippen molar-refractivity contribution < 1.29 is 23.1 Å². The number of carbonyl (C=O) groups excluding carboxylic acids is 1. The van der Waals surface area contributed by atoms with Gasteiger partial charge in [-0.1, -0.05) is 12.1 Å². The van der Waals surface area contributed by atoms with Crippen molar-refractivity contribution >= 4 is 34.3 Å². The summed E-state index contributed by atoms with van der Waals surface area (Å²) in [5.41, 5.74) is 0.763. The molecule has 0 spiro atoms. The van der Waals surface area contributed by atoms with Crippen molar-refractivity contribution in [2.24, 2.45) is 5.10 Å². The molecular formula is C18H20F3N3O2S2. The summed E-state index contributed by atoms with van der Waals surface area (Å²) in [6, 6.07) is 7.29. The Balaban J connectivity index is 1.79. The largest absolute Gasteiger partial charge is 0.401 e. The summed E-state index contributed by atoms with van der Waals surface area (Å²) in [4.78, 5) is 15.8. The maximum absolute atomic E-state index is 12.9. The van der Waals surface area contributed by atoms with Gasteiger partial charge in [0, 0.05) is 24.4 Å². The average molecular weight is 432 g/mol. The van der Waals surface area contributed by atoms with E-state index in [0.717, 1.165) is 20.4 Å². The van der Waals surface area contributed by atoms with E-state index in [-0.39, 0.29) is 25.6 Å². The van der Waals surface area contributed by atoms with Crippen molar-refractivity contribution in [3.05, 3.63) is 44.8 Å². The van der Waals surface area contributed by atoms with Crippen molar-refractivity contribution in [2.45, 2.75) is 25.1 Å². The summed E-state index contributed by atoms with van der Waals surface area (Å²) in [7, 11) is 0. The van der Waals surface area contributed by atoms with Crippen LogP contribution in [0.1, 0.15) is 28.6 Å². The second kappa shape index (κ2) is 9.17. The van der Waals surface area contributed by atoms with Gasteiger partial charge in [0.2, 0.25) is 0 Å². The zero-order valence-electron chi connectivity index (χ0n) is 14.9. The Labute approximate surface area is 168 Å². The molecule has 1 N–H and O–H groups in total. The summed E-state index contributed by atoms with van der Waals surface area (Å²) in [5, 5.41) is 18.5. The van der Waals surface area contributed by atoms with Gasteiger partial charge < -0.3 is 5.11 Å². The molecule has 0 aliphatic carbocycles. The molecule has 0 aromatic carbocycles. The molecule has 5 nitrogen and oxygen atoms in total. The van der Waals surface area contributed by atoms with E-state index >= 15 is 0 Å². The smallest absolute Gasteiger partial charge is 0.396 e. The highest BCUT2D eigenvalue weighted by molar-refractivity contribution is 7.12. The summed E-state index contributed by atoms with van der Waals surface area (Å²) >= 11 is 3.01. The fraction of sp³-hybridized carbons (Fsp3) is 0.444. The summed E-state index contributed by atoms with van der Waals surface area (Å²) in [5.74, 6) is -0.479. The van der Waals surface area contributed by atoms with E-state index in [0.29, 0.717) is 6.42 Å². The highest BCUT2D eigenvalue weighted by Gasteiger charge is 2.36. The molecule has 2 aromatic heterocycles. The molecule has 1 atom stereocenters. The first kappa shape index (κ1) is 21.0. The maximum Gasteiger partial charge on any atom is 0.401 e. The van der Waals surface area contributed by atoms with Crippen molar-refractivity contribution in [2.75, 3.05) is 26.2 Å². The van der Waals surface area contributed by atoms with Crippen molar-refractivity contribution in [1.29, 1.82) is 0 Å². The minimum Gasteiger partial charge on any atom is -0.396 e. The number of alkyl halides is 3. The van der Waals surface area contributed by atoms with Crippen LogP contribution in [0.4, 0.5) is 13.2 Å². The van der Waals surface area contributed by atoms with Gasteiger partial charge in [0.15, 0.2) is 0 Å². The Morgan fingerprint density at radius 3 is 2.64 bits per heavy atom. The fourth-order valence-electron chi connectivity index (χ4n) is 3.06. The van der Waals surface area contributed by atoms with Crippen LogP contribution in [0.25, 0.3) is 0 Å². The molecular weight excluding hydrogens is 411 g/mol. The molecule has 10 heteroatoms. The highest BCUT2D eigenvalue weighted by atomic mass is 32.1. The molecule has 3 heterocycles. The van der Waals surface area contributed by atoms with Crippen molar-refractivity contribution in [3.8, 4) is 0 Å². The Morgan fingerprint density at radius 2 is 2.04 bits per heavy atom. The molecule has 2 aromatic rings. The summed E-state index contributed by atoms with van der Waals surface area (Å²) in [6.07, 6.45) is -3.72. The Morgan fingerprint density at radius 1 is 1.29 bits per heavy atom. The Bertz CT molecular complexity index is 792. The molecule has 152 valence electrons. The third-order valence-corrected chi connectivity index (χ3v) is 6.13. The second-order valence-electron chi connectivity index (χ2n) is 6.40. The summed E-state index contributed by atoms with van der Waals surface area (Å²) in [6.45, 7) is -1.84. The number of halogens is 3. The van der Waals surface area contributed by atoms with E-state index < -0.39 is 25.2 Å². The lowest BCUT2D eigenvalue weighted by molar-refractivity contribution is -0.152. The number of aliphatic hydroxyl groups is 1. The topological polar surface area (TPSA) is 56.1 Å². The van der Waals surface area contributed by atoms with E-state index in [9.17, 15) is 18.0 Å². The Kier molecular flexibility index (Phi) is 6.86. The van der Waals surface area contributed by atoms with E-state index in [1.54, 1.807) is 0 Å². The number of aliphatic hydroxyl groups excluding tert-OH is 1. The van der Waals surface area contributed by atoms with Gasteiger partial charge in [-0.25, -0.2) is 5.01 Å². The van der Waals surface area contributed by atoms with Crippen LogP contribution in [0.3, 0.4) is 0 Å². The second-order valence-corrected chi connectivity index (χ2v) is 8.33. The van der Waals surface area contributed by atoms with Gasteiger partial charge in [0.05, 0.1) is 29.7 Å². The van der Waals surface area contributed by atoms with Crippen LogP contribution in [-0.4, -0.2) is 59.1 Å². The zero-order valence-corrected chi connectivity index (χ0v) is 16.6. The van der Waals surface area contributed by atoms with Crippen LogP contribution in [0.15, 0.2) is 40.1 Å². The van der Waals surface area contributed by atoms with Gasteiger partial charge in [-0.05, 0) is 29.3 Å². The third-order valence-electron chi connectivity index (χ3n) is 4.24. The summed E-state index contributed by atoms with van der Waals surface area (Å²) < 4.78 is 38.6. The lowest BCUT2D eigenvalue weighted by Crippen LogP contribution is -2.42. The molecule has 1 amide bonds. The maximum atomic E-state index is 12.9. The molecule has 0 saturated carbocycles. The molecule has 0 fully saturated rings. The number of thiophene rings is 2. The molecule has 0 saturated heterocycles. The SMILES string of the molecule is O=C(CN(CCCO)CC(F)(F)F)N1N=C(c2cccs2)CC1c1cccs1. The van der Waals surface area contributed by atoms with Crippen LogP contribution in [0.5, 0.6) is 0 Å². The molecule has 3 rings (SSSR count). The van der Waals surface area contributed by atoms with E-state index in [1.807, 2.05) is 35.0 Å². The van der Waals surface area contributed by atoms with E-state index in [2.05, 4.69) is 5.10 Å². The van der Waals surface area contributed by atoms with Gasteiger partial charge in [-0.2, -0.15) is 18.3 Å². The normalized spacial score (nSPS) is 17.4. The number of amides is 1. The molecule has 28 heavy (non-hydrogen) atoms. The first-order chi connectivity index (χ1) is 13.4. The van der Waals surface area contributed by atoms with Gasteiger partial charge >= 0.3 is 6.18 Å². The monoisotopic (exact) mass is 431 g/mol. The van der Waals surface area contributed by atoms with Gasteiger partial charge in [0.25, 0.3) is 5.91 Å². The van der Waals surface area contributed by atoms with Crippen LogP contribution in [0.2, 0.25) is 0 Å². The van der Waals surface area contributed by atoms with Crippen molar-refractivity contribution in [1.82, 2.24) is 9.91 Å². The van der Waals surface area contributed by atoms with Crippen molar-refractivity contribution in [3.63, 3.8) is 0 Å². The number of carbonyl (C=O) groups is 1. The molecule has 1 unspecified atom stereocenters. The average Bonchev–Trinajstić information content (AvgIpc) is 3.38. The van der Waals surface area contributed by atoms with Crippen LogP contribution < -0.4 is 0 Å². The van der Waals surface area contributed by atoms with Crippen LogP contribution in [-0.2, 0) is 4.79 Å². The molecule has 0 radical (unpaired) electrons. The van der Waals surface area contributed by atoms with E-state index in [4.69, 9.17) is 5.11 Å². The lowest BCUT2D eigenvalue weighted by Gasteiger charge is -2.26. The predicted molar refractivity (Wildman–Crippen MR) is 104 cm³/mol. The minimum atomic E-state index is -4.42. The number of nitrogens with zero attached hydrogens (tertiary/aromatic N) is 3. The minimum absolute atomic E-state index is 0.0131.